The Morgan fingerprint density at radius 2 is 1.71 bits per heavy atom. The van der Waals surface area contributed by atoms with Crippen LogP contribution in [0.5, 0.6) is 0 Å². The molecule has 0 heterocycles. The Balaban J connectivity index is 3.68. The normalized spacial score (nSPS) is 13.1. The summed E-state index contributed by atoms with van der Waals surface area (Å²) in [5.41, 5.74) is 5.36. The van der Waals surface area contributed by atoms with Crippen LogP contribution in [0, 0.1) is 0 Å². The molecule has 0 fully saturated rings. The van der Waals surface area contributed by atoms with E-state index in [2.05, 4.69) is 5.32 Å². The molecule has 0 aromatic rings. The fourth-order valence-corrected chi connectivity index (χ4v) is 3.16. The Morgan fingerprint density at radius 1 is 1.06 bits per heavy atom. The van der Waals surface area contributed by atoms with Gasteiger partial charge in [-0.1, -0.05) is 0 Å². The van der Waals surface area contributed by atoms with Crippen LogP contribution < -0.4 is 16.4 Å². The molecule has 104 valence electrons. The van der Waals surface area contributed by atoms with Gasteiger partial charge in [0.05, 0.1) is 0 Å². The van der Waals surface area contributed by atoms with Crippen molar-refractivity contribution in [2.45, 2.75) is 12.5 Å². The van der Waals surface area contributed by atoms with Crippen LogP contribution in [0.1, 0.15) is 6.42 Å². The molecule has 0 bridgehead atoms. The van der Waals surface area contributed by atoms with Crippen molar-refractivity contribution in [3.05, 3.63) is 0 Å². The van der Waals surface area contributed by atoms with Crippen molar-refractivity contribution in [2.75, 3.05) is 54.1 Å². The summed E-state index contributed by atoms with van der Waals surface area (Å²) < 4.78 is 23.7. The van der Waals surface area contributed by atoms with Gasteiger partial charge in [0, 0.05) is 53.6 Å². The Labute approximate surface area is 107 Å². The summed E-state index contributed by atoms with van der Waals surface area (Å²) in [5.74, 6) is 0. The highest BCUT2D eigenvalue weighted by Gasteiger charge is 2.36. The average Bonchev–Trinajstić information content (AvgIpc) is 2.40. The van der Waals surface area contributed by atoms with E-state index in [1.54, 1.807) is 21.3 Å². The van der Waals surface area contributed by atoms with Crippen molar-refractivity contribution in [2.24, 2.45) is 5.73 Å². The van der Waals surface area contributed by atoms with E-state index >= 15 is 0 Å². The Hall–Kier alpha value is -0.0231. The minimum absolute atomic E-state index is 0.627. The maximum Gasteiger partial charge on any atom is 0.500 e. The van der Waals surface area contributed by atoms with Crippen LogP contribution in [0.25, 0.3) is 0 Å². The molecule has 0 aliphatic carbocycles. The second-order valence-corrected chi connectivity index (χ2v) is 6.70. The van der Waals surface area contributed by atoms with Gasteiger partial charge < -0.3 is 29.6 Å². The van der Waals surface area contributed by atoms with Gasteiger partial charge in [-0.25, -0.2) is 0 Å². The lowest BCUT2D eigenvalue weighted by Gasteiger charge is -2.24. The smallest absolute Gasteiger partial charge is 0.377 e. The first-order chi connectivity index (χ1) is 8.64. The van der Waals surface area contributed by atoms with Crippen molar-refractivity contribution < 1.29 is 14.7 Å². The van der Waals surface area contributed by atoms with Gasteiger partial charge >= 0.3 is 8.80 Å². The molecule has 0 spiro atoms. The lowest BCUT2D eigenvalue weighted by atomic mass is 10.4. The number of nitrogens with two attached hydrogens (primary N) is 1. The van der Waals surface area contributed by atoms with Crippen molar-refractivity contribution in [1.82, 2.24) is 10.6 Å². The summed E-state index contributed by atoms with van der Waals surface area (Å²) in [6, 6.07) is 0.724. The largest absolute Gasteiger partial charge is 0.500 e. The van der Waals surface area contributed by atoms with Gasteiger partial charge in [-0.05, 0) is 13.0 Å². The van der Waals surface area contributed by atoms with Crippen LogP contribution in [-0.2, 0) is 13.3 Å². The molecule has 0 amide bonds. The fraction of sp³-hybridized carbons (Fsp3) is 1.00. The highest BCUT2D eigenvalue weighted by Crippen LogP contribution is 2.14. The summed E-state index contributed by atoms with van der Waals surface area (Å²) in [4.78, 5) is 0. The van der Waals surface area contributed by atoms with Crippen molar-refractivity contribution in [3.63, 3.8) is 0 Å². The quantitative estimate of drug-likeness (QED) is 0.323. The summed E-state index contributed by atoms with van der Waals surface area (Å²) >= 11 is 0. The summed E-state index contributed by atoms with van der Waals surface area (Å²) in [6.07, 6.45) is 0.822. The fourth-order valence-electron chi connectivity index (χ4n) is 1.46. The third-order valence-corrected chi connectivity index (χ3v) is 5.33. The van der Waals surface area contributed by atoms with E-state index in [1.165, 1.54) is 5.31 Å². The van der Waals surface area contributed by atoms with E-state index in [9.17, 15) is 0 Å². The monoisotopic (exact) mass is 266 g/mol. The van der Waals surface area contributed by atoms with Gasteiger partial charge in [0.15, 0.2) is 0 Å². The number of rotatable bonds is 12. The molecular weight excluding hydrogens is 238 g/mol. The Kier molecular flexibility index (Phi) is 9.81. The molecule has 17 heavy (non-hydrogen) atoms. The first-order valence-corrected chi connectivity index (χ1v) is 7.87. The van der Waals surface area contributed by atoms with E-state index in [4.69, 9.17) is 20.4 Å². The number of hydrogen-bond acceptors (Lipinski definition) is 6. The molecule has 0 atom stereocenters. The van der Waals surface area contributed by atoms with Crippen LogP contribution in [0.3, 0.4) is 0 Å². The molecule has 7 heteroatoms. The van der Waals surface area contributed by atoms with Gasteiger partial charge in [0.1, 0.15) is 1.41 Å². The zero-order chi connectivity index (χ0) is 13.9. The van der Waals surface area contributed by atoms with Crippen LogP contribution in [-0.4, -0.2) is 62.9 Å². The first-order valence-electron chi connectivity index (χ1n) is 6.39. The molecule has 0 saturated heterocycles. The maximum atomic E-state index is 7.74. The lowest BCUT2D eigenvalue weighted by Crippen LogP contribution is -2.43. The van der Waals surface area contributed by atoms with Crippen LogP contribution in [0.2, 0.25) is 7.46 Å². The van der Waals surface area contributed by atoms with Crippen molar-refractivity contribution in [1.29, 1.82) is 0 Å². The van der Waals surface area contributed by atoms with Gasteiger partial charge in [0.25, 0.3) is 0 Å². The van der Waals surface area contributed by atoms with E-state index in [-0.39, 0.29) is 0 Å². The Morgan fingerprint density at radius 3 is 2.24 bits per heavy atom. The summed E-state index contributed by atoms with van der Waals surface area (Å²) in [7, 11) is 2.35. The molecule has 0 unspecified atom stereocenters. The van der Waals surface area contributed by atoms with Gasteiger partial charge in [-0.15, -0.1) is 0 Å². The molecule has 0 saturated carbocycles. The molecule has 4 N–H and O–H groups in total. The standard InChI is InChI=1S/C10H27N3O3Si/c1-14-17(15-2,16-3)10-4-6-12-8-9-13-7-5-11/h12-13H,4-11H2,1-3H3/i/hD. The molecule has 0 rings (SSSR count). The predicted molar refractivity (Wildman–Crippen MR) is 71.0 cm³/mol. The lowest BCUT2D eigenvalue weighted by molar-refractivity contribution is 0.123. The average molecular weight is 266 g/mol. The van der Waals surface area contributed by atoms with E-state index < -0.39 is 8.80 Å². The zero-order valence-corrected chi connectivity index (χ0v) is 12.2. The third-order valence-electron chi connectivity index (χ3n) is 2.50. The molecule has 0 aliphatic heterocycles. The maximum absolute atomic E-state index is 7.74. The van der Waals surface area contributed by atoms with Gasteiger partial charge in [-0.2, -0.15) is 0 Å². The van der Waals surface area contributed by atoms with Crippen molar-refractivity contribution in [3.8, 4) is 0 Å². The van der Waals surface area contributed by atoms with E-state index in [1.807, 2.05) is 0 Å². The molecule has 0 aromatic heterocycles. The van der Waals surface area contributed by atoms with E-state index in [0.717, 1.165) is 25.6 Å². The molecule has 6 nitrogen and oxygen atoms in total. The van der Waals surface area contributed by atoms with Crippen LogP contribution >= 0.6 is 0 Å². The van der Waals surface area contributed by atoms with Crippen LogP contribution in [0.15, 0.2) is 0 Å². The second kappa shape index (κ2) is 11.1. The summed E-state index contributed by atoms with van der Waals surface area (Å²) in [6.45, 7) is 3.56. The number of hydrogen-bond donors (Lipinski definition) is 3. The highest BCUT2D eigenvalue weighted by molar-refractivity contribution is 6.60. The molecule has 0 aromatic carbocycles. The molecule has 0 radical (unpaired) electrons. The topological polar surface area (TPSA) is 77.8 Å². The minimum atomic E-state index is -2.47. The SMILES string of the molecule is [2H]N(CCC[Si](OC)(OC)OC)CCNCCN. The zero-order valence-electron chi connectivity index (χ0n) is 12.2. The second-order valence-electron chi connectivity index (χ2n) is 3.61. The predicted octanol–water partition coefficient (Wildman–Crippen LogP) is -0.607. The molecular formula is C10H27N3O3Si. The highest BCUT2D eigenvalue weighted by atomic mass is 28.4. The van der Waals surface area contributed by atoms with Gasteiger partial charge in [0.2, 0.25) is 0 Å². The first kappa shape index (κ1) is 15.0. The van der Waals surface area contributed by atoms with Crippen LogP contribution in [0.4, 0.5) is 0 Å². The number of nitrogens with one attached hydrogen (secondary N) is 2. The van der Waals surface area contributed by atoms with Crippen molar-refractivity contribution >= 4 is 8.80 Å². The Bertz CT molecular complexity index is 191. The minimum Gasteiger partial charge on any atom is -0.377 e. The third kappa shape index (κ3) is 7.82. The molecule has 0 aliphatic rings. The summed E-state index contributed by atoms with van der Waals surface area (Å²) in [5, 5.41) is 4.69. The van der Waals surface area contributed by atoms with Gasteiger partial charge in [-0.3, -0.25) is 0 Å². The van der Waals surface area contributed by atoms with E-state index in [0.29, 0.717) is 19.6 Å².